The van der Waals surface area contributed by atoms with Crippen molar-refractivity contribution in [1.29, 1.82) is 0 Å². The number of carbonyl (C=O) groups excluding carboxylic acids is 1. The molecule has 1 fully saturated rings. The summed E-state index contributed by atoms with van der Waals surface area (Å²) in [4.78, 5) is 22.1. The van der Waals surface area contributed by atoms with E-state index in [2.05, 4.69) is 14.5 Å². The van der Waals surface area contributed by atoms with Crippen molar-refractivity contribution in [3.63, 3.8) is 0 Å². The number of hydrogen-bond acceptors (Lipinski definition) is 2. The predicted molar refractivity (Wildman–Crippen MR) is 89.7 cm³/mol. The lowest BCUT2D eigenvalue weighted by Crippen LogP contribution is -2.40. The minimum absolute atomic E-state index is 0.0726. The Hall–Kier alpha value is -2.27. The maximum atomic E-state index is 12.9. The molecule has 1 amide bonds. The standard InChI is InChI=1S/C17H17ClN4O/c18-12-3-4-14-15(9-20-16(14)8-12)17(23)21-6-1-2-13(10-21)22-7-5-19-11-22/h3-5,7-9,11,13,20H,1-2,6,10H2. The average Bonchev–Trinajstić information content (AvgIpc) is 3.23. The van der Waals surface area contributed by atoms with Crippen LogP contribution in [0.4, 0.5) is 0 Å². The van der Waals surface area contributed by atoms with Crippen LogP contribution < -0.4 is 0 Å². The number of H-pyrrole nitrogens is 1. The van der Waals surface area contributed by atoms with Crippen LogP contribution in [0.15, 0.2) is 43.1 Å². The Balaban J connectivity index is 1.60. The number of fused-ring (bicyclic) bond motifs is 1. The van der Waals surface area contributed by atoms with Gasteiger partial charge in [-0.25, -0.2) is 4.98 Å². The number of carbonyl (C=O) groups is 1. The predicted octanol–water partition coefficient (Wildman–Crippen LogP) is 3.50. The second-order valence-corrected chi connectivity index (χ2v) is 6.39. The molecular formula is C17H17ClN4O. The summed E-state index contributed by atoms with van der Waals surface area (Å²) in [5, 5.41) is 1.58. The Morgan fingerprint density at radius 1 is 1.39 bits per heavy atom. The van der Waals surface area contributed by atoms with Crippen LogP contribution in [0.2, 0.25) is 5.02 Å². The Morgan fingerprint density at radius 3 is 3.13 bits per heavy atom. The lowest BCUT2D eigenvalue weighted by atomic mass is 10.0. The van der Waals surface area contributed by atoms with E-state index in [0.29, 0.717) is 16.6 Å². The third-order valence-corrected chi connectivity index (χ3v) is 4.74. The molecule has 2 aromatic heterocycles. The summed E-state index contributed by atoms with van der Waals surface area (Å²) in [6, 6.07) is 5.87. The zero-order valence-electron chi connectivity index (χ0n) is 12.6. The Labute approximate surface area is 138 Å². The van der Waals surface area contributed by atoms with Gasteiger partial charge >= 0.3 is 0 Å². The van der Waals surface area contributed by atoms with Gasteiger partial charge in [0, 0.05) is 47.6 Å². The molecule has 1 unspecified atom stereocenters. The Bertz CT molecular complexity index is 840. The number of nitrogens with zero attached hydrogens (tertiary/aromatic N) is 3. The van der Waals surface area contributed by atoms with Crippen LogP contribution in [-0.4, -0.2) is 38.4 Å². The van der Waals surface area contributed by atoms with E-state index in [-0.39, 0.29) is 5.91 Å². The van der Waals surface area contributed by atoms with E-state index in [4.69, 9.17) is 11.6 Å². The van der Waals surface area contributed by atoms with Crippen LogP contribution in [-0.2, 0) is 0 Å². The van der Waals surface area contributed by atoms with Gasteiger partial charge < -0.3 is 14.5 Å². The second kappa shape index (κ2) is 5.74. The van der Waals surface area contributed by atoms with Gasteiger partial charge in [0.25, 0.3) is 5.91 Å². The number of likely N-dealkylation sites (tertiary alicyclic amines) is 1. The molecule has 4 rings (SSSR count). The largest absolute Gasteiger partial charge is 0.360 e. The molecule has 1 aliphatic heterocycles. The van der Waals surface area contributed by atoms with Gasteiger partial charge in [-0.15, -0.1) is 0 Å². The van der Waals surface area contributed by atoms with E-state index in [0.717, 1.165) is 36.8 Å². The van der Waals surface area contributed by atoms with Gasteiger partial charge in [-0.2, -0.15) is 0 Å². The first kappa shape index (κ1) is 14.3. The fraction of sp³-hybridized carbons (Fsp3) is 0.294. The van der Waals surface area contributed by atoms with E-state index in [1.807, 2.05) is 35.6 Å². The van der Waals surface area contributed by atoms with Crippen LogP contribution in [0.3, 0.4) is 0 Å². The van der Waals surface area contributed by atoms with Gasteiger partial charge in [0.2, 0.25) is 0 Å². The Morgan fingerprint density at radius 2 is 2.30 bits per heavy atom. The molecule has 6 heteroatoms. The molecule has 5 nitrogen and oxygen atoms in total. The fourth-order valence-electron chi connectivity index (χ4n) is 3.31. The van der Waals surface area contributed by atoms with E-state index < -0.39 is 0 Å². The molecule has 0 spiro atoms. The van der Waals surface area contributed by atoms with Crippen LogP contribution in [0, 0.1) is 0 Å². The quantitative estimate of drug-likeness (QED) is 0.782. The van der Waals surface area contributed by atoms with Crippen LogP contribution >= 0.6 is 11.6 Å². The molecule has 1 saturated heterocycles. The first-order valence-electron chi connectivity index (χ1n) is 7.76. The summed E-state index contributed by atoms with van der Waals surface area (Å²) in [5.74, 6) is 0.0726. The molecule has 0 saturated carbocycles. The minimum atomic E-state index is 0.0726. The van der Waals surface area contributed by atoms with Gasteiger partial charge in [-0.1, -0.05) is 17.7 Å². The number of piperidine rings is 1. The number of halogens is 1. The second-order valence-electron chi connectivity index (χ2n) is 5.95. The zero-order chi connectivity index (χ0) is 15.8. The summed E-state index contributed by atoms with van der Waals surface area (Å²) < 4.78 is 2.09. The van der Waals surface area contributed by atoms with Crippen LogP contribution in [0.25, 0.3) is 10.9 Å². The molecular weight excluding hydrogens is 312 g/mol. The number of aromatic nitrogens is 3. The number of imidazole rings is 1. The molecule has 1 aliphatic rings. The fourth-order valence-corrected chi connectivity index (χ4v) is 3.49. The normalized spacial score (nSPS) is 18.5. The SMILES string of the molecule is O=C(c1c[nH]c2cc(Cl)ccc12)N1CCCC(n2ccnc2)C1. The lowest BCUT2D eigenvalue weighted by molar-refractivity contribution is 0.0681. The van der Waals surface area contributed by atoms with Crippen LogP contribution in [0.5, 0.6) is 0 Å². The molecule has 0 aliphatic carbocycles. The highest BCUT2D eigenvalue weighted by molar-refractivity contribution is 6.31. The van der Waals surface area contributed by atoms with Crippen molar-refractivity contribution in [2.45, 2.75) is 18.9 Å². The summed E-state index contributed by atoms with van der Waals surface area (Å²) >= 11 is 6.01. The molecule has 118 valence electrons. The number of benzene rings is 1. The average molecular weight is 329 g/mol. The highest BCUT2D eigenvalue weighted by Crippen LogP contribution is 2.26. The van der Waals surface area contributed by atoms with E-state index >= 15 is 0 Å². The summed E-state index contributed by atoms with van der Waals surface area (Å²) in [6.45, 7) is 1.51. The van der Waals surface area contributed by atoms with Gasteiger partial charge in [-0.05, 0) is 25.0 Å². The molecule has 1 aromatic carbocycles. The van der Waals surface area contributed by atoms with Gasteiger partial charge in [0.15, 0.2) is 0 Å². The highest BCUT2D eigenvalue weighted by atomic mass is 35.5. The number of aromatic amines is 1. The topological polar surface area (TPSA) is 53.9 Å². The number of amides is 1. The number of hydrogen-bond donors (Lipinski definition) is 1. The molecule has 0 radical (unpaired) electrons. The Kier molecular flexibility index (Phi) is 3.58. The van der Waals surface area contributed by atoms with E-state index in [1.54, 1.807) is 12.4 Å². The molecule has 1 atom stereocenters. The van der Waals surface area contributed by atoms with E-state index in [9.17, 15) is 4.79 Å². The number of rotatable bonds is 2. The first-order valence-corrected chi connectivity index (χ1v) is 8.13. The molecule has 23 heavy (non-hydrogen) atoms. The van der Waals surface area contributed by atoms with Crippen molar-refractivity contribution in [3.8, 4) is 0 Å². The monoisotopic (exact) mass is 328 g/mol. The van der Waals surface area contributed by atoms with Crippen molar-refractivity contribution >= 4 is 28.4 Å². The molecule has 1 N–H and O–H groups in total. The van der Waals surface area contributed by atoms with Crippen molar-refractivity contribution in [1.82, 2.24) is 19.4 Å². The highest BCUT2D eigenvalue weighted by Gasteiger charge is 2.26. The van der Waals surface area contributed by atoms with Crippen molar-refractivity contribution in [3.05, 3.63) is 53.7 Å². The van der Waals surface area contributed by atoms with Gasteiger partial charge in [-0.3, -0.25) is 4.79 Å². The number of nitrogens with one attached hydrogen (secondary N) is 1. The molecule has 3 heterocycles. The van der Waals surface area contributed by atoms with Crippen LogP contribution in [0.1, 0.15) is 29.2 Å². The lowest BCUT2D eigenvalue weighted by Gasteiger charge is -2.33. The summed E-state index contributed by atoms with van der Waals surface area (Å²) in [6.07, 6.45) is 9.43. The van der Waals surface area contributed by atoms with Crippen molar-refractivity contribution < 1.29 is 4.79 Å². The smallest absolute Gasteiger partial charge is 0.256 e. The minimum Gasteiger partial charge on any atom is -0.360 e. The van der Waals surface area contributed by atoms with Crippen molar-refractivity contribution in [2.75, 3.05) is 13.1 Å². The third kappa shape index (κ3) is 2.61. The first-order chi connectivity index (χ1) is 11.2. The third-order valence-electron chi connectivity index (χ3n) is 4.50. The maximum Gasteiger partial charge on any atom is 0.256 e. The van der Waals surface area contributed by atoms with Gasteiger partial charge in [0.05, 0.1) is 17.9 Å². The van der Waals surface area contributed by atoms with E-state index in [1.165, 1.54) is 0 Å². The van der Waals surface area contributed by atoms with Gasteiger partial charge in [0.1, 0.15) is 0 Å². The zero-order valence-corrected chi connectivity index (χ0v) is 13.3. The molecule has 3 aromatic rings. The molecule has 0 bridgehead atoms. The summed E-state index contributed by atoms with van der Waals surface area (Å²) in [5.41, 5.74) is 1.60. The maximum absolute atomic E-state index is 12.9. The summed E-state index contributed by atoms with van der Waals surface area (Å²) in [7, 11) is 0. The van der Waals surface area contributed by atoms with Crippen molar-refractivity contribution in [2.24, 2.45) is 0 Å².